The Bertz CT molecular complexity index is 357. The Balaban J connectivity index is 3.38. The molecule has 0 aromatic carbocycles. The van der Waals surface area contributed by atoms with Gasteiger partial charge >= 0.3 is 0 Å². The molecule has 0 saturated heterocycles. The highest BCUT2D eigenvalue weighted by Crippen LogP contribution is 2.35. The zero-order valence-electron chi connectivity index (χ0n) is 7.13. The minimum atomic E-state index is -2.81. The molecule has 1 aromatic rings. The molecule has 0 aliphatic carbocycles. The van der Waals surface area contributed by atoms with Crippen LogP contribution in [0.25, 0.3) is 0 Å². The first kappa shape index (κ1) is 10.8. The predicted octanol–water partition coefficient (Wildman–Crippen LogP) is 2.49. The van der Waals surface area contributed by atoms with Gasteiger partial charge in [-0.2, -0.15) is 0 Å². The number of alkyl halides is 2. The van der Waals surface area contributed by atoms with Crippen LogP contribution in [0.4, 0.5) is 8.78 Å². The molecule has 0 atom stereocenters. The van der Waals surface area contributed by atoms with Crippen molar-refractivity contribution in [3.05, 3.63) is 22.5 Å². The van der Waals surface area contributed by atoms with E-state index in [-0.39, 0.29) is 16.5 Å². The van der Waals surface area contributed by atoms with Gasteiger partial charge in [0.05, 0.1) is 23.9 Å². The third kappa shape index (κ3) is 1.82. The van der Waals surface area contributed by atoms with Crippen LogP contribution < -0.4 is 4.74 Å². The van der Waals surface area contributed by atoms with Crippen LogP contribution in [-0.4, -0.2) is 18.4 Å². The van der Waals surface area contributed by atoms with Crippen LogP contribution in [-0.2, 0) is 0 Å². The largest absolute Gasteiger partial charge is 0.495 e. The third-order valence-corrected chi connectivity index (χ3v) is 1.99. The molecule has 1 aromatic heterocycles. The zero-order chi connectivity index (χ0) is 10.7. The Morgan fingerprint density at radius 1 is 1.64 bits per heavy atom. The third-order valence-electron chi connectivity index (χ3n) is 1.60. The van der Waals surface area contributed by atoms with Crippen LogP contribution in [0.3, 0.4) is 0 Å². The SMILES string of the molecule is COc1cnc(C=O)c(Cl)c1C(F)F. The summed E-state index contributed by atoms with van der Waals surface area (Å²) in [6, 6.07) is 0. The first-order valence-electron chi connectivity index (χ1n) is 3.57. The highest BCUT2D eigenvalue weighted by molar-refractivity contribution is 6.33. The Hall–Kier alpha value is -1.23. The van der Waals surface area contributed by atoms with Crippen LogP contribution in [0, 0.1) is 0 Å². The fourth-order valence-corrected chi connectivity index (χ4v) is 1.22. The number of aromatic nitrogens is 1. The van der Waals surface area contributed by atoms with Gasteiger partial charge in [0, 0.05) is 0 Å². The van der Waals surface area contributed by atoms with Crippen molar-refractivity contribution in [1.29, 1.82) is 0 Å². The maximum Gasteiger partial charge on any atom is 0.268 e. The van der Waals surface area contributed by atoms with E-state index in [1.807, 2.05) is 0 Å². The summed E-state index contributed by atoms with van der Waals surface area (Å²) >= 11 is 5.53. The number of aldehydes is 1. The van der Waals surface area contributed by atoms with Crippen molar-refractivity contribution in [2.75, 3.05) is 7.11 Å². The first-order chi connectivity index (χ1) is 6.61. The van der Waals surface area contributed by atoms with Crippen LogP contribution >= 0.6 is 11.6 Å². The number of methoxy groups -OCH3 is 1. The highest BCUT2D eigenvalue weighted by Gasteiger charge is 2.21. The minimum Gasteiger partial charge on any atom is -0.495 e. The Morgan fingerprint density at radius 3 is 2.71 bits per heavy atom. The highest BCUT2D eigenvalue weighted by atomic mass is 35.5. The van der Waals surface area contributed by atoms with E-state index in [0.717, 1.165) is 6.20 Å². The van der Waals surface area contributed by atoms with Gasteiger partial charge in [-0.1, -0.05) is 11.6 Å². The fourth-order valence-electron chi connectivity index (χ4n) is 0.949. The lowest BCUT2D eigenvalue weighted by Crippen LogP contribution is -1.99. The summed E-state index contributed by atoms with van der Waals surface area (Å²) in [7, 11) is 1.22. The number of halogens is 3. The first-order valence-corrected chi connectivity index (χ1v) is 3.95. The van der Waals surface area contributed by atoms with Gasteiger partial charge in [-0.3, -0.25) is 4.79 Å². The average molecular weight is 222 g/mol. The van der Waals surface area contributed by atoms with Crippen LogP contribution in [0.15, 0.2) is 6.20 Å². The summed E-state index contributed by atoms with van der Waals surface area (Å²) in [6.45, 7) is 0. The maximum absolute atomic E-state index is 12.5. The predicted molar refractivity (Wildman–Crippen MR) is 46.1 cm³/mol. The molecule has 0 saturated carbocycles. The molecule has 0 amide bonds. The lowest BCUT2D eigenvalue weighted by atomic mass is 10.2. The van der Waals surface area contributed by atoms with Gasteiger partial charge in [-0.25, -0.2) is 13.8 Å². The van der Waals surface area contributed by atoms with E-state index in [9.17, 15) is 13.6 Å². The number of ether oxygens (including phenoxy) is 1. The lowest BCUT2D eigenvalue weighted by Gasteiger charge is -2.09. The molecule has 14 heavy (non-hydrogen) atoms. The van der Waals surface area contributed by atoms with Crippen molar-refractivity contribution in [3.63, 3.8) is 0 Å². The van der Waals surface area contributed by atoms with Gasteiger partial charge < -0.3 is 4.74 Å². The normalized spacial score (nSPS) is 10.4. The summed E-state index contributed by atoms with van der Waals surface area (Å²) in [6.07, 6.45) is -1.45. The van der Waals surface area contributed by atoms with Gasteiger partial charge in [-0.05, 0) is 0 Å². The van der Waals surface area contributed by atoms with Crippen LogP contribution in [0.1, 0.15) is 22.5 Å². The molecule has 0 radical (unpaired) electrons. The van der Waals surface area contributed by atoms with Crippen molar-refractivity contribution >= 4 is 17.9 Å². The lowest BCUT2D eigenvalue weighted by molar-refractivity contribution is 0.111. The van der Waals surface area contributed by atoms with E-state index >= 15 is 0 Å². The molecule has 0 aliphatic heterocycles. The molecule has 0 bridgehead atoms. The van der Waals surface area contributed by atoms with Crippen molar-refractivity contribution < 1.29 is 18.3 Å². The van der Waals surface area contributed by atoms with Crippen LogP contribution in [0.2, 0.25) is 5.02 Å². The van der Waals surface area contributed by atoms with E-state index in [1.165, 1.54) is 7.11 Å². The van der Waals surface area contributed by atoms with Crippen molar-refractivity contribution in [3.8, 4) is 5.75 Å². The standard InChI is InChI=1S/C8H6ClF2NO2/c1-14-5-2-12-4(3-13)7(9)6(5)8(10)11/h2-3,8H,1H3. The molecule has 0 spiro atoms. The summed E-state index contributed by atoms with van der Waals surface area (Å²) in [4.78, 5) is 13.9. The molecule has 1 heterocycles. The quantitative estimate of drug-likeness (QED) is 0.736. The monoisotopic (exact) mass is 221 g/mol. The second-order valence-corrected chi connectivity index (χ2v) is 2.74. The molecule has 0 N–H and O–H groups in total. The minimum absolute atomic E-state index is 0.129. The van der Waals surface area contributed by atoms with E-state index in [2.05, 4.69) is 9.72 Å². The molecular weight excluding hydrogens is 216 g/mol. The molecule has 3 nitrogen and oxygen atoms in total. The average Bonchev–Trinajstić information content (AvgIpc) is 2.16. The van der Waals surface area contributed by atoms with Gasteiger partial charge in [0.25, 0.3) is 6.43 Å². The van der Waals surface area contributed by atoms with E-state index in [1.54, 1.807) is 0 Å². The number of hydrogen-bond acceptors (Lipinski definition) is 3. The number of carbonyl (C=O) groups excluding carboxylic acids is 1. The second-order valence-electron chi connectivity index (χ2n) is 2.36. The second kappa shape index (κ2) is 4.32. The summed E-state index contributed by atoms with van der Waals surface area (Å²) < 4.78 is 29.6. The Morgan fingerprint density at radius 2 is 2.29 bits per heavy atom. The molecule has 76 valence electrons. The van der Waals surface area contributed by atoms with Gasteiger partial charge in [0.15, 0.2) is 6.29 Å². The molecule has 0 unspecified atom stereocenters. The maximum atomic E-state index is 12.5. The van der Waals surface area contributed by atoms with Gasteiger partial charge in [0.1, 0.15) is 11.4 Å². The number of carbonyl (C=O) groups is 1. The summed E-state index contributed by atoms with van der Waals surface area (Å²) in [5.41, 5.74) is -0.728. The molecule has 1 rings (SSSR count). The number of hydrogen-bond donors (Lipinski definition) is 0. The smallest absolute Gasteiger partial charge is 0.268 e. The molecule has 0 aliphatic rings. The number of rotatable bonds is 3. The Kier molecular flexibility index (Phi) is 3.35. The van der Waals surface area contributed by atoms with E-state index in [4.69, 9.17) is 11.6 Å². The van der Waals surface area contributed by atoms with Crippen molar-refractivity contribution in [1.82, 2.24) is 4.98 Å². The molecular formula is C8H6ClF2NO2. The summed E-state index contributed by atoms with van der Waals surface area (Å²) in [5, 5.41) is -0.366. The van der Waals surface area contributed by atoms with E-state index < -0.39 is 12.0 Å². The summed E-state index contributed by atoms with van der Waals surface area (Å²) in [5.74, 6) is -0.129. The molecule has 0 fully saturated rings. The fraction of sp³-hybridized carbons (Fsp3) is 0.250. The number of pyridine rings is 1. The van der Waals surface area contributed by atoms with Gasteiger partial charge in [-0.15, -0.1) is 0 Å². The van der Waals surface area contributed by atoms with Crippen molar-refractivity contribution in [2.45, 2.75) is 6.43 Å². The topological polar surface area (TPSA) is 39.2 Å². The van der Waals surface area contributed by atoms with Gasteiger partial charge in [0.2, 0.25) is 0 Å². The van der Waals surface area contributed by atoms with Crippen molar-refractivity contribution in [2.24, 2.45) is 0 Å². The Labute approximate surface area is 83.7 Å². The molecule has 6 heteroatoms. The van der Waals surface area contributed by atoms with E-state index in [0.29, 0.717) is 6.29 Å². The zero-order valence-corrected chi connectivity index (χ0v) is 7.89. The van der Waals surface area contributed by atoms with Crippen LogP contribution in [0.5, 0.6) is 5.75 Å². The number of nitrogens with zero attached hydrogens (tertiary/aromatic N) is 1.